The fourth-order valence-electron chi connectivity index (χ4n) is 4.97. The Hall–Kier alpha value is -3.21. The molecule has 0 aliphatic carbocycles. The number of primary amides is 1. The lowest BCUT2D eigenvalue weighted by atomic mass is 9.93. The number of thioether (sulfide) groups is 1. The summed E-state index contributed by atoms with van der Waals surface area (Å²) in [6, 6.07) is 24.6. The summed E-state index contributed by atoms with van der Waals surface area (Å²) < 4.78 is 11.7. The number of likely N-dealkylation sites (tertiary alicyclic amines) is 1. The van der Waals surface area contributed by atoms with Crippen LogP contribution in [0.1, 0.15) is 46.3 Å². The summed E-state index contributed by atoms with van der Waals surface area (Å²) >= 11 is 1.68. The molecular weight excluding hydrogens is 564 g/mol. The van der Waals surface area contributed by atoms with Crippen LogP contribution in [0.25, 0.3) is 11.1 Å². The van der Waals surface area contributed by atoms with Crippen molar-refractivity contribution in [2.24, 2.45) is 5.73 Å². The van der Waals surface area contributed by atoms with Gasteiger partial charge in [0.05, 0.1) is 19.3 Å². The number of ether oxygens (including phenoxy) is 2. The number of nitrogens with two attached hydrogens (primary N) is 1. The minimum atomic E-state index is -0.695. The van der Waals surface area contributed by atoms with E-state index in [2.05, 4.69) is 36.1 Å². The Morgan fingerprint density at radius 2 is 1.70 bits per heavy atom. The number of methoxy groups -OCH3 is 1. The SMILES string of the molecule is CO.COC1CC(COCc2ccccc2)N(Cc2ccc(C(N)=O)c(-c3ccccc3C)c2)C1.CSCCCC(=O)O. The van der Waals surface area contributed by atoms with E-state index in [0.29, 0.717) is 25.2 Å². The van der Waals surface area contributed by atoms with Crippen LogP contribution < -0.4 is 5.73 Å². The van der Waals surface area contributed by atoms with Crippen molar-refractivity contribution in [3.8, 4) is 11.1 Å². The van der Waals surface area contributed by atoms with Gasteiger partial charge in [-0.3, -0.25) is 14.5 Å². The average molecular weight is 611 g/mol. The Balaban J connectivity index is 0.000000561. The van der Waals surface area contributed by atoms with Crippen LogP contribution in [-0.4, -0.2) is 78.5 Å². The second-order valence-electron chi connectivity index (χ2n) is 10.2. The molecule has 9 heteroatoms. The number of hydrogen-bond donors (Lipinski definition) is 3. The number of carboxylic acid groups (broad SMARTS) is 1. The van der Waals surface area contributed by atoms with Crippen LogP contribution in [0.5, 0.6) is 0 Å². The summed E-state index contributed by atoms with van der Waals surface area (Å²) in [7, 11) is 2.77. The highest BCUT2D eigenvalue weighted by Gasteiger charge is 2.32. The molecular formula is C34H46N2O6S. The second-order valence-corrected chi connectivity index (χ2v) is 11.2. The molecule has 2 atom stereocenters. The lowest BCUT2D eigenvalue weighted by molar-refractivity contribution is -0.137. The molecule has 8 nitrogen and oxygen atoms in total. The minimum absolute atomic E-state index is 0.191. The molecule has 1 aliphatic rings. The molecule has 0 aromatic heterocycles. The van der Waals surface area contributed by atoms with Crippen LogP contribution in [0.2, 0.25) is 0 Å². The summed E-state index contributed by atoms with van der Waals surface area (Å²) in [4.78, 5) is 24.4. The van der Waals surface area contributed by atoms with Gasteiger partial charge in [0.2, 0.25) is 5.91 Å². The predicted molar refractivity (Wildman–Crippen MR) is 174 cm³/mol. The van der Waals surface area contributed by atoms with Crippen LogP contribution in [0.4, 0.5) is 0 Å². The molecule has 0 radical (unpaired) electrons. The molecule has 2 unspecified atom stereocenters. The van der Waals surface area contributed by atoms with Gasteiger partial charge < -0.3 is 25.4 Å². The second kappa shape index (κ2) is 19.9. The van der Waals surface area contributed by atoms with Crippen molar-refractivity contribution in [2.75, 3.05) is 39.4 Å². The number of rotatable bonds is 13. The number of carbonyl (C=O) groups excluding carboxylic acids is 1. The van der Waals surface area contributed by atoms with E-state index in [1.54, 1.807) is 18.9 Å². The maximum absolute atomic E-state index is 12.1. The number of aryl methyl sites for hydroxylation is 1. The van der Waals surface area contributed by atoms with Gasteiger partial charge in [-0.05, 0) is 71.7 Å². The fraction of sp³-hybridized carbons (Fsp3) is 0.412. The van der Waals surface area contributed by atoms with Crippen molar-refractivity contribution in [1.82, 2.24) is 4.90 Å². The maximum atomic E-state index is 12.1. The number of benzene rings is 3. The van der Waals surface area contributed by atoms with Crippen LogP contribution in [0.3, 0.4) is 0 Å². The molecule has 234 valence electrons. The van der Waals surface area contributed by atoms with Gasteiger partial charge in [-0.15, -0.1) is 0 Å². The van der Waals surface area contributed by atoms with Crippen LogP contribution in [0.15, 0.2) is 72.8 Å². The Bertz CT molecular complexity index is 1260. The highest BCUT2D eigenvalue weighted by atomic mass is 32.2. The Morgan fingerprint density at radius 3 is 2.33 bits per heavy atom. The molecule has 1 amide bonds. The van der Waals surface area contributed by atoms with Crippen molar-refractivity contribution in [3.63, 3.8) is 0 Å². The molecule has 1 heterocycles. The summed E-state index contributed by atoms with van der Waals surface area (Å²) in [5.41, 5.74) is 11.6. The van der Waals surface area contributed by atoms with Gasteiger partial charge in [-0.2, -0.15) is 11.8 Å². The van der Waals surface area contributed by atoms with E-state index < -0.39 is 11.9 Å². The quantitative estimate of drug-likeness (QED) is 0.220. The van der Waals surface area contributed by atoms with Crippen molar-refractivity contribution in [1.29, 1.82) is 0 Å². The summed E-state index contributed by atoms with van der Waals surface area (Å²) in [6.07, 6.45) is 4.20. The molecule has 3 aromatic rings. The van der Waals surface area contributed by atoms with Gasteiger partial charge >= 0.3 is 5.97 Å². The predicted octanol–water partition coefficient (Wildman–Crippen LogP) is 5.39. The Kier molecular flexibility index (Phi) is 16.6. The van der Waals surface area contributed by atoms with Crippen molar-refractivity contribution in [2.45, 2.75) is 51.5 Å². The van der Waals surface area contributed by atoms with E-state index in [9.17, 15) is 9.59 Å². The maximum Gasteiger partial charge on any atom is 0.303 e. The fourth-order valence-corrected chi connectivity index (χ4v) is 5.40. The van der Waals surface area contributed by atoms with Gasteiger partial charge in [-0.25, -0.2) is 0 Å². The molecule has 0 bridgehead atoms. The monoisotopic (exact) mass is 610 g/mol. The number of amides is 1. The lowest BCUT2D eigenvalue weighted by Gasteiger charge is -2.24. The Morgan fingerprint density at radius 1 is 1.00 bits per heavy atom. The molecule has 1 aliphatic heterocycles. The first-order chi connectivity index (χ1) is 20.8. The third-order valence-corrected chi connectivity index (χ3v) is 7.85. The summed E-state index contributed by atoms with van der Waals surface area (Å²) in [5, 5.41) is 15.1. The van der Waals surface area contributed by atoms with E-state index in [1.165, 1.54) is 5.56 Å². The topological polar surface area (TPSA) is 122 Å². The first-order valence-corrected chi connectivity index (χ1v) is 15.7. The first-order valence-electron chi connectivity index (χ1n) is 14.3. The van der Waals surface area contributed by atoms with Gasteiger partial charge in [0.1, 0.15) is 0 Å². The number of aliphatic carboxylic acids is 1. The summed E-state index contributed by atoms with van der Waals surface area (Å²) in [6.45, 7) is 4.92. The number of carboxylic acids is 1. The normalized spacial score (nSPS) is 16.0. The standard InChI is InChI=1S/C28H32N2O3.C5H10O2S.CH4O/c1-20-8-6-7-11-25(20)27-14-22(12-13-26(27)28(29)31)16-30-17-24(32-2)15-23(30)19-33-18-21-9-4-3-5-10-21;1-8-4-2-3-5(6)7;1-2/h3-14,23-24H,15-19H2,1-2H3,(H2,29,31);2-4H2,1H3,(H,6,7);2H,1H3. The van der Waals surface area contributed by atoms with Crippen LogP contribution in [-0.2, 0) is 27.4 Å². The molecule has 0 spiro atoms. The number of aliphatic hydroxyl groups excluding tert-OH is 1. The van der Waals surface area contributed by atoms with E-state index in [0.717, 1.165) is 61.0 Å². The van der Waals surface area contributed by atoms with E-state index in [-0.39, 0.29) is 12.1 Å². The van der Waals surface area contributed by atoms with E-state index >= 15 is 0 Å². The van der Waals surface area contributed by atoms with Crippen LogP contribution >= 0.6 is 11.8 Å². The highest BCUT2D eigenvalue weighted by Crippen LogP contribution is 2.30. The largest absolute Gasteiger partial charge is 0.481 e. The minimum Gasteiger partial charge on any atom is -0.481 e. The van der Waals surface area contributed by atoms with Crippen molar-refractivity contribution >= 4 is 23.6 Å². The van der Waals surface area contributed by atoms with Gasteiger partial charge in [0.25, 0.3) is 0 Å². The molecule has 43 heavy (non-hydrogen) atoms. The van der Waals surface area contributed by atoms with Crippen molar-refractivity contribution < 1.29 is 29.3 Å². The average Bonchev–Trinajstić information content (AvgIpc) is 3.40. The number of aliphatic hydroxyl groups is 1. The molecule has 0 saturated carbocycles. The molecule has 4 rings (SSSR count). The van der Waals surface area contributed by atoms with E-state index in [4.69, 9.17) is 25.4 Å². The third-order valence-electron chi connectivity index (χ3n) is 7.15. The zero-order chi connectivity index (χ0) is 31.6. The Labute approximate surface area is 260 Å². The first kappa shape index (κ1) is 36.0. The number of nitrogens with zero attached hydrogens (tertiary/aromatic N) is 1. The third kappa shape index (κ3) is 12.1. The highest BCUT2D eigenvalue weighted by molar-refractivity contribution is 7.98. The summed E-state index contributed by atoms with van der Waals surface area (Å²) in [5.74, 6) is -0.154. The smallest absolute Gasteiger partial charge is 0.303 e. The zero-order valence-corrected chi connectivity index (χ0v) is 26.5. The zero-order valence-electron chi connectivity index (χ0n) is 25.7. The van der Waals surface area contributed by atoms with Gasteiger partial charge in [0.15, 0.2) is 0 Å². The molecule has 4 N–H and O–H groups in total. The van der Waals surface area contributed by atoms with Crippen LogP contribution in [0, 0.1) is 6.92 Å². The van der Waals surface area contributed by atoms with E-state index in [1.807, 2.05) is 54.8 Å². The van der Waals surface area contributed by atoms with Gasteiger partial charge in [-0.1, -0.05) is 60.7 Å². The van der Waals surface area contributed by atoms with Gasteiger partial charge in [0, 0.05) is 45.3 Å². The number of hydrogen-bond acceptors (Lipinski definition) is 7. The number of carbonyl (C=O) groups is 2. The molecule has 1 saturated heterocycles. The molecule has 3 aromatic carbocycles. The van der Waals surface area contributed by atoms with Crippen molar-refractivity contribution in [3.05, 3.63) is 95.1 Å². The molecule has 1 fully saturated rings. The lowest BCUT2D eigenvalue weighted by Crippen LogP contribution is -2.33.